The van der Waals surface area contributed by atoms with Crippen molar-refractivity contribution < 1.29 is 24.2 Å². The van der Waals surface area contributed by atoms with Crippen molar-refractivity contribution in [2.75, 3.05) is 31.1 Å². The molecule has 4 rings (SSSR count). The van der Waals surface area contributed by atoms with Crippen molar-refractivity contribution in [3.05, 3.63) is 54.6 Å². The monoisotopic (exact) mass is 601 g/mol. The zero-order valence-electron chi connectivity index (χ0n) is 23.3. The second-order valence-electron chi connectivity index (χ2n) is 11.0. The molecular formula is C30H40BrN3O5. The number of aliphatic hydroxyl groups is 1. The van der Waals surface area contributed by atoms with Crippen LogP contribution in [0.15, 0.2) is 43.5 Å². The van der Waals surface area contributed by atoms with E-state index < -0.39 is 35.6 Å². The molecular weight excluding hydrogens is 562 g/mol. The standard InChI is InChI=1S/C30H40BrN3O5/c1-7-13-32(14-8-2)27(36)22-23-28(37)34(20(6)17-35)26(30(23)16-21(31)25(22)39-30)29(38)33(15-9-3)24-18(4)11-10-12-19(24)5/h7,9-12,20-23,25-26,35H,1,3,8,13-17H2,2,4-6H3/t20-,21?,22-,23+,25-,26?,30?/m1/s1. The summed E-state index contributed by atoms with van der Waals surface area (Å²) >= 11 is 3.73. The van der Waals surface area contributed by atoms with Gasteiger partial charge < -0.3 is 24.5 Å². The van der Waals surface area contributed by atoms with Crippen LogP contribution in [0, 0.1) is 25.7 Å². The summed E-state index contributed by atoms with van der Waals surface area (Å²) in [4.78, 5) is 47.5. The number of aliphatic hydroxyl groups excluding tert-OH is 1. The highest BCUT2D eigenvalue weighted by Gasteiger charge is 2.77. The molecule has 0 aliphatic carbocycles. The van der Waals surface area contributed by atoms with Crippen LogP contribution in [0.2, 0.25) is 0 Å². The lowest BCUT2D eigenvalue weighted by molar-refractivity contribution is -0.147. The molecule has 1 aromatic carbocycles. The fourth-order valence-corrected chi connectivity index (χ4v) is 7.86. The Labute approximate surface area is 239 Å². The first kappa shape index (κ1) is 29.5. The second-order valence-corrected chi connectivity index (χ2v) is 12.2. The number of nitrogens with zero attached hydrogens (tertiary/aromatic N) is 3. The number of alkyl halides is 1. The fraction of sp³-hybridized carbons (Fsp3) is 0.567. The average molecular weight is 603 g/mol. The number of carbonyl (C=O) groups excluding carboxylic acids is 3. The number of ether oxygens (including phenoxy) is 1. The van der Waals surface area contributed by atoms with Gasteiger partial charge in [0.2, 0.25) is 11.8 Å². The molecule has 1 N–H and O–H groups in total. The fourth-order valence-electron chi connectivity index (χ4n) is 6.92. The Bertz CT molecular complexity index is 1140. The highest BCUT2D eigenvalue weighted by atomic mass is 79.9. The van der Waals surface area contributed by atoms with Crippen molar-refractivity contribution in [2.24, 2.45) is 11.8 Å². The van der Waals surface area contributed by atoms with Gasteiger partial charge in [-0.15, -0.1) is 13.2 Å². The minimum Gasteiger partial charge on any atom is -0.394 e. The number of anilines is 1. The third-order valence-corrected chi connectivity index (χ3v) is 9.27. The number of carbonyl (C=O) groups is 3. The molecule has 1 spiro atoms. The van der Waals surface area contributed by atoms with Crippen molar-refractivity contribution in [1.29, 1.82) is 0 Å². The Morgan fingerprint density at radius 3 is 2.44 bits per heavy atom. The van der Waals surface area contributed by atoms with Crippen molar-refractivity contribution in [3.63, 3.8) is 0 Å². The normalized spacial score (nSPS) is 29.7. The van der Waals surface area contributed by atoms with Crippen LogP contribution in [0.3, 0.4) is 0 Å². The lowest BCUT2D eigenvalue weighted by Crippen LogP contribution is -2.59. The summed E-state index contributed by atoms with van der Waals surface area (Å²) in [5.41, 5.74) is 1.42. The summed E-state index contributed by atoms with van der Waals surface area (Å²) < 4.78 is 6.65. The number of para-hydroxylation sites is 1. The van der Waals surface area contributed by atoms with Gasteiger partial charge in [-0.1, -0.05) is 53.2 Å². The molecule has 9 heteroatoms. The number of benzene rings is 1. The van der Waals surface area contributed by atoms with E-state index in [9.17, 15) is 19.5 Å². The van der Waals surface area contributed by atoms with E-state index in [0.717, 1.165) is 23.2 Å². The summed E-state index contributed by atoms with van der Waals surface area (Å²) in [6.07, 6.45) is 3.99. The van der Waals surface area contributed by atoms with Crippen LogP contribution in [-0.2, 0) is 19.1 Å². The molecule has 0 radical (unpaired) electrons. The Balaban J connectivity index is 1.84. The molecule has 0 saturated carbocycles. The highest BCUT2D eigenvalue weighted by molar-refractivity contribution is 9.09. The predicted molar refractivity (Wildman–Crippen MR) is 155 cm³/mol. The first-order valence-electron chi connectivity index (χ1n) is 13.7. The van der Waals surface area contributed by atoms with Crippen LogP contribution in [0.4, 0.5) is 5.69 Å². The molecule has 212 valence electrons. The number of hydrogen-bond acceptors (Lipinski definition) is 5. The number of fused-ring (bicyclic) bond motifs is 1. The smallest absolute Gasteiger partial charge is 0.253 e. The molecule has 0 aromatic heterocycles. The van der Waals surface area contributed by atoms with E-state index in [1.54, 1.807) is 28.9 Å². The Kier molecular flexibility index (Phi) is 8.73. The van der Waals surface area contributed by atoms with E-state index in [0.29, 0.717) is 19.5 Å². The molecule has 3 unspecified atom stereocenters. The van der Waals surface area contributed by atoms with Crippen LogP contribution in [0.5, 0.6) is 0 Å². The summed E-state index contributed by atoms with van der Waals surface area (Å²) in [5.74, 6) is -2.33. The van der Waals surface area contributed by atoms with Gasteiger partial charge in [0, 0.05) is 30.1 Å². The van der Waals surface area contributed by atoms with E-state index in [1.807, 2.05) is 39.0 Å². The molecule has 7 atom stereocenters. The Hall–Kier alpha value is -2.49. The average Bonchev–Trinajstić information content (AvgIpc) is 3.50. The van der Waals surface area contributed by atoms with Gasteiger partial charge in [-0.2, -0.15) is 0 Å². The van der Waals surface area contributed by atoms with Gasteiger partial charge in [-0.25, -0.2) is 0 Å². The summed E-state index contributed by atoms with van der Waals surface area (Å²) in [7, 11) is 0. The third kappa shape index (κ3) is 4.66. The predicted octanol–water partition coefficient (Wildman–Crippen LogP) is 3.38. The Morgan fingerprint density at radius 2 is 1.87 bits per heavy atom. The van der Waals surface area contributed by atoms with E-state index >= 15 is 0 Å². The van der Waals surface area contributed by atoms with Gasteiger partial charge in [0.15, 0.2) is 0 Å². The quantitative estimate of drug-likeness (QED) is 0.310. The molecule has 3 amide bonds. The molecule has 3 fully saturated rings. The molecule has 3 saturated heterocycles. The van der Waals surface area contributed by atoms with Crippen LogP contribution in [-0.4, -0.2) is 87.5 Å². The van der Waals surface area contributed by atoms with Gasteiger partial charge in [-0.3, -0.25) is 14.4 Å². The lowest BCUT2D eigenvalue weighted by Gasteiger charge is -2.39. The Morgan fingerprint density at radius 1 is 1.23 bits per heavy atom. The number of rotatable bonds is 11. The van der Waals surface area contributed by atoms with Crippen molar-refractivity contribution in [1.82, 2.24) is 9.80 Å². The van der Waals surface area contributed by atoms with Crippen LogP contribution in [0.1, 0.15) is 37.8 Å². The topological polar surface area (TPSA) is 90.4 Å². The minimum absolute atomic E-state index is 0.159. The highest BCUT2D eigenvalue weighted by Crippen LogP contribution is 2.61. The van der Waals surface area contributed by atoms with Gasteiger partial charge >= 0.3 is 0 Å². The van der Waals surface area contributed by atoms with Crippen LogP contribution >= 0.6 is 15.9 Å². The summed E-state index contributed by atoms with van der Waals surface area (Å²) in [6, 6.07) is 4.20. The zero-order valence-corrected chi connectivity index (χ0v) is 24.9. The SMILES string of the molecule is C=CCN(CCC)C(=O)[C@H]1[C@@H]2OC3(CC2Br)C(C(=O)N(CC=C)c2c(C)cccc2C)N([C@H](C)CO)C(=O)[C@H]13. The van der Waals surface area contributed by atoms with Crippen molar-refractivity contribution >= 4 is 39.3 Å². The maximum atomic E-state index is 14.7. The second kappa shape index (κ2) is 11.6. The van der Waals surface area contributed by atoms with E-state index in [4.69, 9.17) is 4.74 Å². The molecule has 3 aliphatic rings. The largest absolute Gasteiger partial charge is 0.394 e. The van der Waals surface area contributed by atoms with E-state index in [2.05, 4.69) is 29.1 Å². The molecule has 39 heavy (non-hydrogen) atoms. The van der Waals surface area contributed by atoms with Gasteiger partial charge in [0.1, 0.15) is 11.6 Å². The molecule has 3 aliphatic heterocycles. The first-order chi connectivity index (χ1) is 18.6. The minimum atomic E-state index is -1.20. The molecule has 1 aromatic rings. The van der Waals surface area contributed by atoms with Crippen LogP contribution < -0.4 is 4.90 Å². The molecule has 3 heterocycles. The third-order valence-electron chi connectivity index (χ3n) is 8.43. The molecule has 2 bridgehead atoms. The number of amides is 3. The maximum Gasteiger partial charge on any atom is 0.253 e. The maximum absolute atomic E-state index is 14.7. The van der Waals surface area contributed by atoms with Gasteiger partial charge in [-0.05, 0) is 44.7 Å². The summed E-state index contributed by atoms with van der Waals surface area (Å²) in [5, 5.41) is 10.2. The lowest BCUT2D eigenvalue weighted by atomic mass is 9.70. The van der Waals surface area contributed by atoms with Gasteiger partial charge in [0.25, 0.3) is 5.91 Å². The molecule has 8 nitrogen and oxygen atoms in total. The van der Waals surface area contributed by atoms with Crippen molar-refractivity contribution in [2.45, 2.75) is 69.2 Å². The number of aryl methyl sites for hydroxylation is 2. The van der Waals surface area contributed by atoms with Crippen molar-refractivity contribution in [3.8, 4) is 0 Å². The zero-order chi connectivity index (χ0) is 28.6. The summed E-state index contributed by atoms with van der Waals surface area (Å²) in [6.45, 7) is 16.1. The number of halogens is 1. The first-order valence-corrected chi connectivity index (χ1v) is 14.6. The number of likely N-dealkylation sites (tertiary alicyclic amines) is 1. The van der Waals surface area contributed by atoms with Crippen LogP contribution in [0.25, 0.3) is 0 Å². The van der Waals surface area contributed by atoms with E-state index in [-0.39, 0.29) is 35.7 Å². The van der Waals surface area contributed by atoms with Gasteiger partial charge in [0.05, 0.1) is 30.6 Å². The van der Waals surface area contributed by atoms with E-state index in [1.165, 1.54) is 4.90 Å². The number of hydrogen-bond donors (Lipinski definition) is 1.